The summed E-state index contributed by atoms with van der Waals surface area (Å²) in [6.07, 6.45) is 3.67. The molecule has 4 aromatic rings. The lowest BCUT2D eigenvalue weighted by Crippen LogP contribution is -1.98. The normalized spacial score (nSPS) is 11.3. The molecule has 7 nitrogen and oxygen atoms in total. The Bertz CT molecular complexity index is 1080. The van der Waals surface area contributed by atoms with Crippen molar-refractivity contribution >= 4 is 28.5 Å². The Hall–Kier alpha value is -3.35. The highest BCUT2D eigenvalue weighted by Gasteiger charge is 2.13. The van der Waals surface area contributed by atoms with Crippen LogP contribution >= 0.6 is 0 Å². The van der Waals surface area contributed by atoms with Gasteiger partial charge in [-0.15, -0.1) is 5.10 Å². The van der Waals surface area contributed by atoms with Crippen LogP contribution in [0.15, 0.2) is 42.7 Å². The second-order valence-electron chi connectivity index (χ2n) is 5.38. The minimum Gasteiger partial charge on any atom is -0.478 e. The molecule has 3 heterocycles. The number of carbonyl (C=O) groups is 1. The van der Waals surface area contributed by atoms with E-state index in [1.165, 1.54) is 0 Å². The van der Waals surface area contributed by atoms with Gasteiger partial charge in [-0.3, -0.25) is 0 Å². The summed E-state index contributed by atoms with van der Waals surface area (Å²) in [6.45, 7) is 0. The molecule has 0 aliphatic carbocycles. The predicted octanol–water partition coefficient (Wildman–Crippen LogP) is 2.17. The van der Waals surface area contributed by atoms with Crippen molar-refractivity contribution in [3.8, 4) is 11.1 Å². The Morgan fingerprint density at radius 2 is 2.04 bits per heavy atom. The molecule has 4 rings (SSSR count). The van der Waals surface area contributed by atoms with Gasteiger partial charge in [-0.25, -0.2) is 9.31 Å². The van der Waals surface area contributed by atoms with E-state index in [1.54, 1.807) is 22.8 Å². The molecule has 0 amide bonds. The molecule has 3 aromatic heterocycles. The van der Waals surface area contributed by atoms with Gasteiger partial charge in [-0.05, 0) is 41.5 Å². The van der Waals surface area contributed by atoms with Gasteiger partial charge in [0.05, 0.1) is 5.56 Å². The maximum atomic E-state index is 11.4. The topological polar surface area (TPSA) is 98.4 Å². The number of nitrogens with two attached hydrogens (primary N) is 1. The zero-order valence-electron chi connectivity index (χ0n) is 12.3. The summed E-state index contributed by atoms with van der Waals surface area (Å²) in [5.74, 6) is -0.756. The van der Waals surface area contributed by atoms with Crippen LogP contribution < -0.4 is 5.73 Å². The van der Waals surface area contributed by atoms with E-state index < -0.39 is 5.97 Å². The Morgan fingerprint density at radius 3 is 2.83 bits per heavy atom. The quantitative estimate of drug-likeness (QED) is 0.591. The van der Waals surface area contributed by atoms with Gasteiger partial charge < -0.3 is 15.4 Å². The summed E-state index contributed by atoms with van der Waals surface area (Å²) in [5, 5.41) is 14.4. The van der Waals surface area contributed by atoms with Gasteiger partial charge in [0.25, 0.3) is 0 Å². The first-order valence-electron chi connectivity index (χ1n) is 6.97. The van der Waals surface area contributed by atoms with Crippen LogP contribution in [-0.4, -0.2) is 30.2 Å². The van der Waals surface area contributed by atoms with Crippen molar-refractivity contribution in [2.45, 2.75) is 0 Å². The van der Waals surface area contributed by atoms with E-state index in [1.807, 2.05) is 36.0 Å². The highest BCUT2D eigenvalue weighted by molar-refractivity contribution is 6.02. The Balaban J connectivity index is 2.03. The molecular formula is C16H13N5O2. The average molecular weight is 307 g/mol. The third-order valence-corrected chi connectivity index (χ3v) is 3.91. The number of rotatable bonds is 2. The van der Waals surface area contributed by atoms with Crippen LogP contribution in [0.3, 0.4) is 0 Å². The standard InChI is InChI=1S/C16H13N5O2/c1-20-4-3-11-12(6-10(15(22)23)7-13(11)20)9-2-5-21-14(8-9)18-16(17)19-21/h2-8H,1H3,(H2,17,19)(H,22,23). The summed E-state index contributed by atoms with van der Waals surface area (Å²) in [5.41, 5.74) is 9.04. The fourth-order valence-electron chi connectivity index (χ4n) is 2.80. The summed E-state index contributed by atoms with van der Waals surface area (Å²) < 4.78 is 3.49. The number of nitrogens with zero attached hydrogens (tertiary/aromatic N) is 4. The first kappa shape index (κ1) is 13.3. The molecule has 0 aliphatic rings. The molecule has 0 saturated heterocycles. The number of hydrogen-bond acceptors (Lipinski definition) is 4. The van der Waals surface area contributed by atoms with Gasteiger partial charge in [-0.1, -0.05) is 0 Å². The van der Waals surface area contributed by atoms with Crippen LogP contribution in [0.25, 0.3) is 27.7 Å². The van der Waals surface area contributed by atoms with E-state index >= 15 is 0 Å². The molecule has 7 heteroatoms. The number of aromatic nitrogens is 4. The molecule has 0 spiro atoms. The number of anilines is 1. The molecule has 3 N–H and O–H groups in total. The molecule has 0 bridgehead atoms. The van der Waals surface area contributed by atoms with Gasteiger partial charge in [0, 0.05) is 30.3 Å². The molecule has 0 unspecified atom stereocenters. The minimum atomic E-state index is -0.956. The van der Waals surface area contributed by atoms with Gasteiger partial charge >= 0.3 is 5.97 Å². The maximum Gasteiger partial charge on any atom is 0.335 e. The number of carboxylic acid groups (broad SMARTS) is 1. The van der Waals surface area contributed by atoms with E-state index in [4.69, 9.17) is 5.73 Å². The second kappa shape index (κ2) is 4.57. The number of benzene rings is 1. The van der Waals surface area contributed by atoms with Crippen molar-refractivity contribution in [2.24, 2.45) is 7.05 Å². The lowest BCUT2D eigenvalue weighted by atomic mass is 9.99. The Morgan fingerprint density at radius 1 is 1.22 bits per heavy atom. The van der Waals surface area contributed by atoms with Crippen molar-refractivity contribution in [2.75, 3.05) is 5.73 Å². The first-order chi connectivity index (χ1) is 11.0. The van der Waals surface area contributed by atoms with Crippen molar-refractivity contribution in [1.82, 2.24) is 19.2 Å². The fourth-order valence-corrected chi connectivity index (χ4v) is 2.80. The largest absolute Gasteiger partial charge is 0.478 e. The number of hydrogen-bond donors (Lipinski definition) is 2. The highest BCUT2D eigenvalue weighted by Crippen LogP contribution is 2.31. The van der Waals surface area contributed by atoms with Gasteiger partial charge in [0.2, 0.25) is 5.95 Å². The number of fused-ring (bicyclic) bond motifs is 2. The van der Waals surface area contributed by atoms with E-state index in [0.717, 1.165) is 22.0 Å². The zero-order valence-corrected chi connectivity index (χ0v) is 12.3. The molecule has 1 aromatic carbocycles. The van der Waals surface area contributed by atoms with Gasteiger partial charge in [0.15, 0.2) is 5.65 Å². The third kappa shape index (κ3) is 2.02. The first-order valence-corrected chi connectivity index (χ1v) is 6.97. The molecular weight excluding hydrogens is 294 g/mol. The lowest BCUT2D eigenvalue weighted by Gasteiger charge is -2.07. The molecule has 114 valence electrons. The SMILES string of the molecule is Cn1ccc2c(-c3ccn4nc(N)nc4c3)cc(C(=O)O)cc21. The summed E-state index contributed by atoms with van der Waals surface area (Å²) in [4.78, 5) is 15.6. The summed E-state index contributed by atoms with van der Waals surface area (Å²) in [6, 6.07) is 9.04. The molecule has 0 aliphatic heterocycles. The molecule has 0 fully saturated rings. The van der Waals surface area contributed by atoms with E-state index in [-0.39, 0.29) is 11.5 Å². The molecule has 0 radical (unpaired) electrons. The van der Waals surface area contributed by atoms with Crippen LogP contribution in [-0.2, 0) is 7.05 Å². The smallest absolute Gasteiger partial charge is 0.335 e. The fraction of sp³-hybridized carbons (Fsp3) is 0.0625. The van der Waals surface area contributed by atoms with Crippen LogP contribution in [0, 0.1) is 0 Å². The van der Waals surface area contributed by atoms with Gasteiger partial charge in [-0.2, -0.15) is 4.98 Å². The number of pyridine rings is 1. The summed E-state index contributed by atoms with van der Waals surface area (Å²) in [7, 11) is 1.89. The van der Waals surface area contributed by atoms with E-state index in [2.05, 4.69) is 10.1 Å². The van der Waals surface area contributed by atoms with E-state index in [9.17, 15) is 9.90 Å². The predicted molar refractivity (Wildman–Crippen MR) is 86.3 cm³/mol. The van der Waals surface area contributed by atoms with Crippen molar-refractivity contribution in [1.29, 1.82) is 0 Å². The number of nitrogen functional groups attached to an aromatic ring is 1. The number of aromatic carboxylic acids is 1. The van der Waals surface area contributed by atoms with Crippen LogP contribution in [0.1, 0.15) is 10.4 Å². The van der Waals surface area contributed by atoms with Crippen molar-refractivity contribution < 1.29 is 9.90 Å². The van der Waals surface area contributed by atoms with Crippen LogP contribution in [0.4, 0.5) is 5.95 Å². The van der Waals surface area contributed by atoms with Gasteiger partial charge in [0.1, 0.15) is 0 Å². The van der Waals surface area contributed by atoms with Crippen molar-refractivity contribution in [3.63, 3.8) is 0 Å². The molecule has 0 atom stereocenters. The highest BCUT2D eigenvalue weighted by atomic mass is 16.4. The lowest BCUT2D eigenvalue weighted by molar-refractivity contribution is 0.0697. The summed E-state index contributed by atoms with van der Waals surface area (Å²) >= 11 is 0. The number of carboxylic acids is 1. The molecule has 23 heavy (non-hydrogen) atoms. The van der Waals surface area contributed by atoms with E-state index in [0.29, 0.717) is 5.65 Å². The molecule has 0 saturated carbocycles. The average Bonchev–Trinajstić information content (AvgIpc) is 3.07. The zero-order chi connectivity index (χ0) is 16.1. The third-order valence-electron chi connectivity index (χ3n) is 3.91. The second-order valence-corrected chi connectivity index (χ2v) is 5.38. The Labute approximate surface area is 130 Å². The van der Waals surface area contributed by atoms with Crippen molar-refractivity contribution in [3.05, 3.63) is 48.3 Å². The Kier molecular flexibility index (Phi) is 2.65. The maximum absolute atomic E-state index is 11.4. The number of aryl methyl sites for hydroxylation is 1. The van der Waals surface area contributed by atoms with Crippen LogP contribution in [0.2, 0.25) is 0 Å². The van der Waals surface area contributed by atoms with Crippen LogP contribution in [0.5, 0.6) is 0 Å². The minimum absolute atomic E-state index is 0.200. The monoisotopic (exact) mass is 307 g/mol.